The van der Waals surface area contributed by atoms with Crippen LogP contribution in [0.2, 0.25) is 0 Å². The molecule has 2 N–H and O–H groups in total. The van der Waals surface area contributed by atoms with Crippen molar-refractivity contribution in [3.63, 3.8) is 0 Å². The third-order valence-corrected chi connectivity index (χ3v) is 4.48. The molecule has 0 saturated carbocycles. The van der Waals surface area contributed by atoms with Crippen molar-refractivity contribution in [1.29, 1.82) is 0 Å². The van der Waals surface area contributed by atoms with Gasteiger partial charge in [0.25, 0.3) is 0 Å². The van der Waals surface area contributed by atoms with Crippen LogP contribution < -0.4 is 10.6 Å². The largest absolute Gasteiger partial charge is 0.371 e. The molecule has 0 aliphatic carbocycles. The molecule has 0 radical (unpaired) electrons. The molecule has 1 unspecified atom stereocenters. The monoisotopic (exact) mass is 354 g/mol. The number of rotatable bonds is 8. The molecule has 0 bridgehead atoms. The molecule has 0 amide bonds. The van der Waals surface area contributed by atoms with Gasteiger partial charge in [0.05, 0.1) is 0 Å². The van der Waals surface area contributed by atoms with Gasteiger partial charge < -0.3 is 10.6 Å². The van der Waals surface area contributed by atoms with Crippen LogP contribution in [0.1, 0.15) is 59.1 Å². The fourth-order valence-electron chi connectivity index (χ4n) is 2.28. The first-order chi connectivity index (χ1) is 9.81. The average molecular weight is 355 g/mol. The lowest BCUT2D eigenvalue weighted by Gasteiger charge is -2.27. The minimum atomic E-state index is 0.0632. The Labute approximate surface area is 139 Å². The van der Waals surface area contributed by atoms with Gasteiger partial charge in [-0.3, -0.25) is 0 Å². The van der Waals surface area contributed by atoms with E-state index in [1.54, 1.807) is 0 Å². The Morgan fingerprint density at radius 2 is 1.52 bits per heavy atom. The van der Waals surface area contributed by atoms with Gasteiger partial charge in [0.2, 0.25) is 0 Å². The fraction of sp³-hybridized carbons (Fsp3) is 0.667. The Bertz CT molecular complexity index is 415. The molecular weight excluding hydrogens is 324 g/mol. The van der Waals surface area contributed by atoms with Crippen molar-refractivity contribution in [2.45, 2.75) is 53.5 Å². The second-order valence-electron chi connectivity index (χ2n) is 6.85. The highest BCUT2D eigenvalue weighted by atomic mass is 79.9. The van der Waals surface area contributed by atoms with E-state index in [4.69, 9.17) is 5.73 Å². The van der Waals surface area contributed by atoms with Gasteiger partial charge in [0, 0.05) is 29.3 Å². The van der Waals surface area contributed by atoms with Crippen LogP contribution in [0, 0.1) is 11.8 Å². The minimum Gasteiger partial charge on any atom is -0.371 e. The number of anilines is 1. The molecule has 1 rings (SSSR count). The van der Waals surface area contributed by atoms with Crippen molar-refractivity contribution in [3.05, 3.63) is 28.2 Å². The number of hydrogen-bond acceptors (Lipinski definition) is 2. The second-order valence-corrected chi connectivity index (χ2v) is 7.70. The summed E-state index contributed by atoms with van der Waals surface area (Å²) in [6, 6.07) is 6.65. The summed E-state index contributed by atoms with van der Waals surface area (Å²) in [6.45, 7) is 13.4. The van der Waals surface area contributed by atoms with Gasteiger partial charge in [0.1, 0.15) is 0 Å². The van der Waals surface area contributed by atoms with Crippen LogP contribution >= 0.6 is 15.9 Å². The van der Waals surface area contributed by atoms with E-state index >= 15 is 0 Å². The SMILES string of the molecule is CC(C)CCN(CCC(C)C)c1ccc(C(C)N)c(Br)c1. The van der Waals surface area contributed by atoms with Gasteiger partial charge in [-0.05, 0) is 49.3 Å². The average Bonchev–Trinajstić information content (AvgIpc) is 2.37. The summed E-state index contributed by atoms with van der Waals surface area (Å²) in [7, 11) is 0. The van der Waals surface area contributed by atoms with E-state index in [1.807, 2.05) is 6.92 Å². The van der Waals surface area contributed by atoms with Crippen LogP contribution in [0.15, 0.2) is 22.7 Å². The normalized spacial score (nSPS) is 13.0. The van der Waals surface area contributed by atoms with Crippen LogP contribution in [-0.4, -0.2) is 13.1 Å². The Kier molecular flexibility index (Phi) is 7.75. The maximum Gasteiger partial charge on any atom is 0.0377 e. The van der Waals surface area contributed by atoms with E-state index in [-0.39, 0.29) is 6.04 Å². The summed E-state index contributed by atoms with van der Waals surface area (Å²) in [5, 5.41) is 0. The Balaban J connectivity index is 2.88. The zero-order valence-electron chi connectivity index (χ0n) is 14.2. The standard InChI is InChI=1S/C18H31BrN2/c1-13(2)8-10-21(11-9-14(3)4)16-6-7-17(15(5)20)18(19)12-16/h6-7,12-15H,8-11,20H2,1-5H3. The van der Waals surface area contributed by atoms with Crippen molar-refractivity contribution in [2.75, 3.05) is 18.0 Å². The van der Waals surface area contributed by atoms with Crippen molar-refractivity contribution < 1.29 is 0 Å². The third-order valence-electron chi connectivity index (χ3n) is 3.79. The van der Waals surface area contributed by atoms with Crippen LogP contribution in [-0.2, 0) is 0 Å². The summed E-state index contributed by atoms with van der Waals surface area (Å²) in [5.41, 5.74) is 8.47. The van der Waals surface area contributed by atoms with Gasteiger partial charge in [-0.15, -0.1) is 0 Å². The minimum absolute atomic E-state index is 0.0632. The Morgan fingerprint density at radius 1 is 1.00 bits per heavy atom. The molecule has 0 saturated heterocycles. The fourth-order valence-corrected chi connectivity index (χ4v) is 3.01. The smallest absolute Gasteiger partial charge is 0.0377 e. The molecule has 0 aromatic heterocycles. The van der Waals surface area contributed by atoms with Crippen molar-refractivity contribution >= 4 is 21.6 Å². The van der Waals surface area contributed by atoms with Crippen molar-refractivity contribution in [3.8, 4) is 0 Å². The lowest BCUT2D eigenvalue weighted by Crippen LogP contribution is -2.27. The van der Waals surface area contributed by atoms with E-state index in [2.05, 4.69) is 66.7 Å². The maximum absolute atomic E-state index is 5.99. The number of nitrogens with zero attached hydrogens (tertiary/aromatic N) is 1. The summed E-state index contributed by atoms with van der Waals surface area (Å²) in [4.78, 5) is 2.51. The van der Waals surface area contributed by atoms with E-state index in [1.165, 1.54) is 24.1 Å². The Hall–Kier alpha value is -0.540. The quantitative estimate of drug-likeness (QED) is 0.679. The number of hydrogen-bond donors (Lipinski definition) is 1. The summed E-state index contributed by atoms with van der Waals surface area (Å²) in [6.07, 6.45) is 2.45. The summed E-state index contributed by atoms with van der Waals surface area (Å²) < 4.78 is 1.12. The van der Waals surface area contributed by atoms with Gasteiger partial charge in [0.15, 0.2) is 0 Å². The molecule has 3 heteroatoms. The number of halogens is 1. The molecule has 21 heavy (non-hydrogen) atoms. The Morgan fingerprint density at radius 3 is 1.90 bits per heavy atom. The summed E-state index contributed by atoms with van der Waals surface area (Å²) in [5.74, 6) is 1.47. The first kappa shape index (κ1) is 18.5. The number of nitrogens with two attached hydrogens (primary N) is 1. The first-order valence-corrected chi connectivity index (χ1v) is 8.90. The summed E-state index contributed by atoms with van der Waals surface area (Å²) >= 11 is 3.67. The molecule has 1 aromatic carbocycles. The molecule has 2 nitrogen and oxygen atoms in total. The molecule has 0 fully saturated rings. The highest BCUT2D eigenvalue weighted by molar-refractivity contribution is 9.10. The van der Waals surface area contributed by atoms with Crippen LogP contribution in [0.4, 0.5) is 5.69 Å². The van der Waals surface area contributed by atoms with Gasteiger partial charge in [-0.1, -0.05) is 49.7 Å². The van der Waals surface area contributed by atoms with Crippen molar-refractivity contribution in [1.82, 2.24) is 0 Å². The van der Waals surface area contributed by atoms with Gasteiger partial charge in [-0.25, -0.2) is 0 Å². The van der Waals surface area contributed by atoms with Crippen molar-refractivity contribution in [2.24, 2.45) is 17.6 Å². The van der Waals surface area contributed by atoms with Gasteiger partial charge in [-0.2, -0.15) is 0 Å². The number of benzene rings is 1. The second kappa shape index (κ2) is 8.79. The van der Waals surface area contributed by atoms with Crippen LogP contribution in [0.3, 0.4) is 0 Å². The highest BCUT2D eigenvalue weighted by Crippen LogP contribution is 2.28. The molecule has 0 heterocycles. The van der Waals surface area contributed by atoms with E-state index < -0.39 is 0 Å². The first-order valence-electron chi connectivity index (χ1n) is 8.11. The van der Waals surface area contributed by atoms with Crippen LogP contribution in [0.25, 0.3) is 0 Å². The van der Waals surface area contributed by atoms with Crippen LogP contribution in [0.5, 0.6) is 0 Å². The third kappa shape index (κ3) is 6.39. The molecular formula is C18H31BrN2. The molecule has 1 aromatic rings. The predicted octanol–water partition coefficient (Wildman–Crippen LogP) is 5.37. The zero-order valence-corrected chi connectivity index (χ0v) is 15.8. The topological polar surface area (TPSA) is 29.3 Å². The molecule has 120 valence electrons. The van der Waals surface area contributed by atoms with E-state index in [9.17, 15) is 0 Å². The maximum atomic E-state index is 5.99. The molecule has 0 aliphatic rings. The van der Waals surface area contributed by atoms with E-state index in [0.29, 0.717) is 0 Å². The van der Waals surface area contributed by atoms with E-state index in [0.717, 1.165) is 29.4 Å². The lowest BCUT2D eigenvalue weighted by molar-refractivity contribution is 0.535. The lowest BCUT2D eigenvalue weighted by atomic mass is 10.1. The van der Waals surface area contributed by atoms with Gasteiger partial charge >= 0.3 is 0 Å². The molecule has 0 spiro atoms. The highest BCUT2D eigenvalue weighted by Gasteiger charge is 2.12. The zero-order chi connectivity index (χ0) is 16.0. The molecule has 1 atom stereocenters. The predicted molar refractivity (Wildman–Crippen MR) is 97.9 cm³/mol. The molecule has 0 aliphatic heterocycles.